The van der Waals surface area contributed by atoms with Crippen LogP contribution in [0.5, 0.6) is 5.75 Å². The summed E-state index contributed by atoms with van der Waals surface area (Å²) in [6, 6.07) is 22.4. The van der Waals surface area contributed by atoms with Crippen LogP contribution in [0, 0.1) is 6.92 Å². The first-order valence-corrected chi connectivity index (χ1v) is 11.8. The fourth-order valence-electron chi connectivity index (χ4n) is 4.70. The highest BCUT2D eigenvalue weighted by atomic mass is 16.5. The van der Waals surface area contributed by atoms with E-state index in [0.717, 1.165) is 53.3 Å². The quantitative estimate of drug-likeness (QED) is 0.439. The van der Waals surface area contributed by atoms with Gasteiger partial charge in [0.05, 0.1) is 18.3 Å². The van der Waals surface area contributed by atoms with Gasteiger partial charge in [-0.15, -0.1) is 0 Å². The lowest BCUT2D eigenvalue weighted by Crippen LogP contribution is -2.45. The minimum atomic E-state index is -0.0147. The molecular weight excluding hydrogens is 424 g/mol. The first kappa shape index (κ1) is 22.0. The molecular formula is C28H30N4O2. The van der Waals surface area contributed by atoms with Gasteiger partial charge in [-0.05, 0) is 49.6 Å². The van der Waals surface area contributed by atoms with Crippen molar-refractivity contribution >= 4 is 11.5 Å². The van der Waals surface area contributed by atoms with Gasteiger partial charge in [-0.25, -0.2) is 9.78 Å². The molecule has 1 saturated heterocycles. The standard InChI is InChI=1S/C28H30N4O2/c1-20-11-13-21(14-12-20)18-29-28(33)31-15-6-8-23(19-31)27-30-26(25-10-3-4-16-32(25)27)22-7-5-9-24(17-22)34-2/h3-5,7,9-14,16-17,23H,6,8,15,18-19H2,1-2H3,(H,29,33)/t23-/m1/s1. The van der Waals surface area contributed by atoms with E-state index in [2.05, 4.69) is 59.2 Å². The van der Waals surface area contributed by atoms with Crippen molar-refractivity contribution < 1.29 is 9.53 Å². The molecule has 174 valence electrons. The average Bonchev–Trinajstić information content (AvgIpc) is 3.28. The number of ether oxygens (including phenoxy) is 1. The molecule has 1 fully saturated rings. The Hall–Kier alpha value is -3.80. The van der Waals surface area contributed by atoms with E-state index in [4.69, 9.17) is 9.72 Å². The molecule has 6 heteroatoms. The van der Waals surface area contributed by atoms with Gasteiger partial charge in [-0.2, -0.15) is 0 Å². The molecule has 1 aliphatic heterocycles. The minimum Gasteiger partial charge on any atom is -0.497 e. The van der Waals surface area contributed by atoms with E-state index < -0.39 is 0 Å². The molecule has 2 aromatic heterocycles. The van der Waals surface area contributed by atoms with Gasteiger partial charge in [0.15, 0.2) is 0 Å². The zero-order valence-corrected chi connectivity index (χ0v) is 19.7. The Labute approximate surface area is 200 Å². The largest absolute Gasteiger partial charge is 0.497 e. The minimum absolute atomic E-state index is 0.0147. The number of carbonyl (C=O) groups is 1. The summed E-state index contributed by atoms with van der Waals surface area (Å²) in [5.74, 6) is 1.99. The highest BCUT2D eigenvalue weighted by molar-refractivity contribution is 5.78. The van der Waals surface area contributed by atoms with E-state index in [1.54, 1.807) is 7.11 Å². The average molecular weight is 455 g/mol. The summed E-state index contributed by atoms with van der Waals surface area (Å²) in [6.07, 6.45) is 4.03. The third kappa shape index (κ3) is 4.49. The predicted molar refractivity (Wildman–Crippen MR) is 134 cm³/mol. The highest BCUT2D eigenvalue weighted by Crippen LogP contribution is 2.33. The van der Waals surface area contributed by atoms with Crippen LogP contribution >= 0.6 is 0 Å². The number of carbonyl (C=O) groups excluding carboxylic acids is 1. The molecule has 2 aromatic carbocycles. The van der Waals surface area contributed by atoms with E-state index in [1.807, 2.05) is 35.2 Å². The second-order valence-corrected chi connectivity index (χ2v) is 8.94. The summed E-state index contributed by atoms with van der Waals surface area (Å²) in [4.78, 5) is 20.0. The third-order valence-corrected chi connectivity index (χ3v) is 6.56. The molecule has 0 spiro atoms. The fraction of sp³-hybridized carbons (Fsp3) is 0.286. The highest BCUT2D eigenvalue weighted by Gasteiger charge is 2.28. The number of piperidine rings is 1. The molecule has 0 aliphatic carbocycles. The van der Waals surface area contributed by atoms with Gasteiger partial charge in [0, 0.05) is 37.3 Å². The maximum absolute atomic E-state index is 12.9. The van der Waals surface area contributed by atoms with Crippen molar-refractivity contribution in [3.05, 3.63) is 89.9 Å². The number of amides is 2. The van der Waals surface area contributed by atoms with Gasteiger partial charge in [-0.3, -0.25) is 0 Å². The topological polar surface area (TPSA) is 58.9 Å². The van der Waals surface area contributed by atoms with Gasteiger partial charge >= 0.3 is 6.03 Å². The Bertz CT molecular complexity index is 1300. The van der Waals surface area contributed by atoms with Crippen LogP contribution in [0.2, 0.25) is 0 Å². The van der Waals surface area contributed by atoms with Crippen LogP contribution in [0.4, 0.5) is 4.79 Å². The molecule has 0 unspecified atom stereocenters. The van der Waals surface area contributed by atoms with Crippen molar-refractivity contribution in [1.82, 2.24) is 19.6 Å². The molecule has 0 bridgehead atoms. The third-order valence-electron chi connectivity index (χ3n) is 6.56. The van der Waals surface area contributed by atoms with Crippen LogP contribution in [0.25, 0.3) is 16.8 Å². The molecule has 0 radical (unpaired) electrons. The molecule has 1 aliphatic rings. The maximum Gasteiger partial charge on any atom is 0.317 e. The number of hydrogen-bond acceptors (Lipinski definition) is 3. The van der Waals surface area contributed by atoms with Gasteiger partial charge in [0.25, 0.3) is 0 Å². The number of fused-ring (bicyclic) bond motifs is 1. The predicted octanol–water partition coefficient (Wildman–Crippen LogP) is 5.41. The lowest BCUT2D eigenvalue weighted by Gasteiger charge is -2.32. The number of imidazole rings is 1. The molecule has 4 aromatic rings. The Morgan fingerprint density at radius 3 is 2.79 bits per heavy atom. The van der Waals surface area contributed by atoms with Crippen LogP contribution in [-0.2, 0) is 6.54 Å². The number of aromatic nitrogens is 2. The van der Waals surface area contributed by atoms with Crippen LogP contribution < -0.4 is 10.1 Å². The number of urea groups is 1. The van der Waals surface area contributed by atoms with Crippen molar-refractivity contribution in [2.24, 2.45) is 0 Å². The van der Waals surface area contributed by atoms with Crippen molar-refractivity contribution in [2.75, 3.05) is 20.2 Å². The van der Waals surface area contributed by atoms with Crippen LogP contribution in [0.3, 0.4) is 0 Å². The molecule has 1 N–H and O–H groups in total. The Morgan fingerprint density at radius 1 is 1.12 bits per heavy atom. The first-order valence-electron chi connectivity index (χ1n) is 11.8. The maximum atomic E-state index is 12.9. The zero-order valence-electron chi connectivity index (χ0n) is 19.7. The fourth-order valence-corrected chi connectivity index (χ4v) is 4.70. The summed E-state index contributed by atoms with van der Waals surface area (Å²) >= 11 is 0. The molecule has 0 saturated carbocycles. The van der Waals surface area contributed by atoms with Crippen molar-refractivity contribution in [3.63, 3.8) is 0 Å². The van der Waals surface area contributed by atoms with Crippen molar-refractivity contribution in [2.45, 2.75) is 32.2 Å². The van der Waals surface area contributed by atoms with E-state index >= 15 is 0 Å². The van der Waals surface area contributed by atoms with Gasteiger partial charge in [0.1, 0.15) is 11.6 Å². The second kappa shape index (κ2) is 9.59. The summed E-state index contributed by atoms with van der Waals surface area (Å²) in [5.41, 5.74) is 5.35. The lowest BCUT2D eigenvalue weighted by molar-refractivity contribution is 0.178. The Kier molecular flexibility index (Phi) is 6.21. The first-order chi connectivity index (χ1) is 16.6. The zero-order chi connectivity index (χ0) is 23.5. The van der Waals surface area contributed by atoms with Gasteiger partial charge in [-0.1, -0.05) is 48.0 Å². The summed E-state index contributed by atoms with van der Waals surface area (Å²) in [6.45, 7) is 4.02. The Morgan fingerprint density at radius 2 is 1.97 bits per heavy atom. The van der Waals surface area contributed by atoms with E-state index in [0.29, 0.717) is 13.1 Å². The van der Waals surface area contributed by atoms with Crippen molar-refractivity contribution in [3.8, 4) is 17.0 Å². The molecule has 34 heavy (non-hydrogen) atoms. The normalized spacial score (nSPS) is 15.9. The molecule has 1 atom stereocenters. The summed E-state index contributed by atoms with van der Waals surface area (Å²) < 4.78 is 7.60. The number of nitrogens with zero attached hydrogens (tertiary/aromatic N) is 3. The number of likely N-dealkylation sites (tertiary alicyclic amines) is 1. The number of nitrogens with one attached hydrogen (secondary N) is 1. The smallest absolute Gasteiger partial charge is 0.317 e. The van der Waals surface area contributed by atoms with E-state index in [1.165, 1.54) is 5.56 Å². The SMILES string of the molecule is COc1cccc(-c2nc([C@@H]3CCCN(C(=O)NCc4ccc(C)cc4)C3)n3ccccc23)c1. The number of benzene rings is 2. The summed E-state index contributed by atoms with van der Waals surface area (Å²) in [5, 5.41) is 3.09. The number of pyridine rings is 1. The van der Waals surface area contributed by atoms with Gasteiger partial charge in [0.2, 0.25) is 0 Å². The van der Waals surface area contributed by atoms with Crippen molar-refractivity contribution in [1.29, 1.82) is 0 Å². The number of methoxy groups -OCH3 is 1. The summed E-state index contributed by atoms with van der Waals surface area (Å²) in [7, 11) is 1.68. The number of aryl methyl sites for hydroxylation is 1. The van der Waals surface area contributed by atoms with Crippen LogP contribution in [-0.4, -0.2) is 40.5 Å². The lowest BCUT2D eigenvalue weighted by atomic mass is 9.97. The molecule has 2 amide bonds. The number of rotatable bonds is 5. The number of hydrogen-bond donors (Lipinski definition) is 1. The van der Waals surface area contributed by atoms with E-state index in [9.17, 15) is 4.79 Å². The monoisotopic (exact) mass is 454 g/mol. The van der Waals surface area contributed by atoms with E-state index in [-0.39, 0.29) is 11.9 Å². The van der Waals surface area contributed by atoms with Gasteiger partial charge < -0.3 is 19.4 Å². The van der Waals surface area contributed by atoms with Crippen LogP contribution in [0.1, 0.15) is 35.7 Å². The Balaban J connectivity index is 1.37. The second-order valence-electron chi connectivity index (χ2n) is 8.94. The molecule has 6 nitrogen and oxygen atoms in total. The molecule has 3 heterocycles. The van der Waals surface area contributed by atoms with Crippen LogP contribution in [0.15, 0.2) is 72.9 Å². The molecule has 5 rings (SSSR count).